The third-order valence-corrected chi connectivity index (χ3v) is 6.60. The Morgan fingerprint density at radius 3 is 2.74 bits per heavy atom. The molecule has 1 amide bonds. The zero-order valence-corrected chi connectivity index (χ0v) is 15.8. The van der Waals surface area contributed by atoms with Crippen LogP contribution in [0.15, 0.2) is 53.2 Å². The van der Waals surface area contributed by atoms with Gasteiger partial charge in [-0.25, -0.2) is 0 Å². The number of carbonyl (C=O) groups is 1. The molecule has 4 nitrogen and oxygen atoms in total. The largest absolute Gasteiger partial charge is 0.308 e. The third kappa shape index (κ3) is 2.73. The van der Waals surface area contributed by atoms with Crippen molar-refractivity contribution < 1.29 is 4.79 Å². The van der Waals surface area contributed by atoms with Crippen molar-refractivity contribution in [2.24, 2.45) is 5.92 Å². The van der Waals surface area contributed by atoms with Crippen LogP contribution in [0.4, 0.5) is 5.82 Å². The van der Waals surface area contributed by atoms with Crippen LogP contribution < -0.4 is 5.32 Å². The number of H-pyrrole nitrogens is 1. The minimum atomic E-state index is -0.212. The molecule has 0 aliphatic heterocycles. The van der Waals surface area contributed by atoms with E-state index in [1.807, 2.05) is 6.07 Å². The summed E-state index contributed by atoms with van der Waals surface area (Å²) in [6.45, 7) is 0. The van der Waals surface area contributed by atoms with E-state index in [2.05, 4.69) is 68.8 Å². The zero-order chi connectivity index (χ0) is 18.3. The second-order valence-corrected chi connectivity index (χ2v) is 8.22. The third-order valence-electron chi connectivity index (χ3n) is 5.92. The maximum absolute atomic E-state index is 12.3. The zero-order valence-electron chi connectivity index (χ0n) is 14.9. The van der Waals surface area contributed by atoms with Crippen LogP contribution >= 0.6 is 11.3 Å². The second kappa shape index (κ2) is 6.50. The summed E-state index contributed by atoms with van der Waals surface area (Å²) >= 11 is 1.72. The summed E-state index contributed by atoms with van der Waals surface area (Å²) in [4.78, 5) is 12.3. The Kier molecular flexibility index (Phi) is 3.97. The summed E-state index contributed by atoms with van der Waals surface area (Å²) in [6.07, 6.45) is 8.31. The number of anilines is 1. The number of thiophene rings is 1. The molecule has 2 heterocycles. The highest BCUT2D eigenvalue weighted by Gasteiger charge is 2.37. The number of hydrogen-bond acceptors (Lipinski definition) is 3. The summed E-state index contributed by atoms with van der Waals surface area (Å²) in [5.74, 6) is 0.908. The molecule has 1 saturated carbocycles. The van der Waals surface area contributed by atoms with E-state index in [0.717, 1.165) is 36.9 Å². The van der Waals surface area contributed by atoms with Crippen LogP contribution in [0.3, 0.4) is 0 Å². The normalized spacial score (nSPS) is 21.5. The summed E-state index contributed by atoms with van der Waals surface area (Å²) in [5, 5.41) is 15.0. The molecule has 2 aliphatic rings. The maximum atomic E-state index is 12.3. The fourth-order valence-corrected chi connectivity index (χ4v) is 4.81. The molecule has 0 saturated heterocycles. The number of nitrogens with one attached hydrogen (secondary N) is 2. The molecule has 2 aliphatic carbocycles. The first kappa shape index (κ1) is 16.5. The molecule has 1 unspecified atom stereocenters. The number of rotatable bonds is 4. The van der Waals surface area contributed by atoms with Crippen molar-refractivity contribution in [2.75, 3.05) is 5.32 Å². The summed E-state index contributed by atoms with van der Waals surface area (Å²) < 4.78 is 0. The quantitative estimate of drug-likeness (QED) is 0.690. The lowest BCUT2D eigenvalue weighted by molar-refractivity contribution is -0.122. The number of nitrogens with zero attached hydrogens (tertiary/aromatic N) is 1. The number of benzene rings is 1. The number of amides is 1. The highest BCUT2D eigenvalue weighted by molar-refractivity contribution is 7.08. The fourth-order valence-electron chi connectivity index (χ4n) is 4.07. The number of aromatic nitrogens is 2. The van der Waals surface area contributed by atoms with Gasteiger partial charge < -0.3 is 5.32 Å². The standard InChI is InChI=1S/C22H21N3OS/c26-21(15-5-4-6-15)23-20-18-9-11-22(13-19(18)24-25-20,17-10-12-27-14-17)16-7-2-1-3-8-16/h1-3,7-12,14-15H,4-6,13H2,(H2,23,24,25,26). The molecule has 5 heteroatoms. The molecule has 1 aromatic carbocycles. The average molecular weight is 375 g/mol. The first-order chi connectivity index (χ1) is 13.3. The van der Waals surface area contributed by atoms with Crippen molar-refractivity contribution in [3.63, 3.8) is 0 Å². The summed E-state index contributed by atoms with van der Waals surface area (Å²) in [7, 11) is 0. The van der Waals surface area contributed by atoms with Gasteiger partial charge >= 0.3 is 0 Å². The van der Waals surface area contributed by atoms with Gasteiger partial charge in [-0.05, 0) is 40.8 Å². The van der Waals surface area contributed by atoms with Gasteiger partial charge in [-0.3, -0.25) is 9.89 Å². The van der Waals surface area contributed by atoms with Crippen molar-refractivity contribution in [3.05, 3.63) is 75.6 Å². The van der Waals surface area contributed by atoms with Crippen molar-refractivity contribution >= 4 is 29.1 Å². The number of allylic oxidation sites excluding steroid dienone is 1. The van der Waals surface area contributed by atoms with Crippen LogP contribution in [0.5, 0.6) is 0 Å². The summed E-state index contributed by atoms with van der Waals surface area (Å²) in [6, 6.07) is 12.8. The van der Waals surface area contributed by atoms with E-state index in [1.165, 1.54) is 11.1 Å². The molecule has 27 heavy (non-hydrogen) atoms. The Balaban J connectivity index is 1.51. The molecule has 3 aromatic rings. The smallest absolute Gasteiger partial charge is 0.228 e. The van der Waals surface area contributed by atoms with Gasteiger partial charge in [0.1, 0.15) is 0 Å². The van der Waals surface area contributed by atoms with Gasteiger partial charge in [-0.2, -0.15) is 16.4 Å². The molecule has 2 aromatic heterocycles. The molecule has 136 valence electrons. The second-order valence-electron chi connectivity index (χ2n) is 7.44. The van der Waals surface area contributed by atoms with E-state index in [9.17, 15) is 4.79 Å². The molecule has 0 bridgehead atoms. The highest BCUT2D eigenvalue weighted by atomic mass is 32.1. The lowest BCUT2D eigenvalue weighted by Gasteiger charge is -2.33. The Bertz CT molecular complexity index is 986. The lowest BCUT2D eigenvalue weighted by atomic mass is 9.69. The van der Waals surface area contributed by atoms with Crippen molar-refractivity contribution in [1.82, 2.24) is 10.2 Å². The molecule has 5 rings (SSSR count). The molecule has 1 atom stereocenters. The van der Waals surface area contributed by atoms with E-state index >= 15 is 0 Å². The lowest BCUT2D eigenvalue weighted by Crippen LogP contribution is -2.30. The van der Waals surface area contributed by atoms with E-state index in [-0.39, 0.29) is 17.2 Å². The molecule has 0 radical (unpaired) electrons. The van der Waals surface area contributed by atoms with Gasteiger partial charge in [0.15, 0.2) is 5.82 Å². The highest BCUT2D eigenvalue weighted by Crippen LogP contribution is 2.43. The molecule has 1 fully saturated rings. The van der Waals surface area contributed by atoms with Gasteiger partial charge in [-0.15, -0.1) is 0 Å². The monoisotopic (exact) mass is 375 g/mol. The van der Waals surface area contributed by atoms with E-state index in [1.54, 1.807) is 11.3 Å². The number of fused-ring (bicyclic) bond motifs is 1. The van der Waals surface area contributed by atoms with Crippen LogP contribution in [0, 0.1) is 5.92 Å². The minimum absolute atomic E-state index is 0.0988. The van der Waals surface area contributed by atoms with E-state index in [4.69, 9.17) is 0 Å². The first-order valence-corrected chi connectivity index (χ1v) is 10.4. The minimum Gasteiger partial charge on any atom is -0.308 e. The Morgan fingerprint density at radius 2 is 2.04 bits per heavy atom. The van der Waals surface area contributed by atoms with Crippen LogP contribution in [-0.4, -0.2) is 16.1 Å². The van der Waals surface area contributed by atoms with Crippen LogP contribution in [0.1, 0.15) is 41.6 Å². The predicted octanol–water partition coefficient (Wildman–Crippen LogP) is 4.77. The summed E-state index contributed by atoms with van der Waals surface area (Å²) in [5.41, 5.74) is 4.41. The van der Waals surface area contributed by atoms with Gasteiger partial charge in [-0.1, -0.05) is 48.9 Å². The molecule has 2 N–H and O–H groups in total. The molecular formula is C22H21N3OS. The van der Waals surface area contributed by atoms with Gasteiger partial charge in [0.05, 0.1) is 0 Å². The van der Waals surface area contributed by atoms with Crippen LogP contribution in [0.2, 0.25) is 0 Å². The fraction of sp³-hybridized carbons (Fsp3) is 0.273. The Morgan fingerprint density at radius 1 is 1.19 bits per heavy atom. The van der Waals surface area contributed by atoms with E-state index < -0.39 is 0 Å². The molecule has 0 spiro atoms. The molecular weight excluding hydrogens is 354 g/mol. The SMILES string of the molecule is O=C(Nc1n[nH]c2c1C=CC(c1ccccc1)(c1ccsc1)C2)C1CCC1. The van der Waals surface area contributed by atoms with Crippen LogP contribution in [-0.2, 0) is 16.6 Å². The van der Waals surface area contributed by atoms with Crippen molar-refractivity contribution in [2.45, 2.75) is 31.1 Å². The average Bonchev–Trinajstić information content (AvgIpc) is 3.31. The van der Waals surface area contributed by atoms with Gasteiger partial charge in [0, 0.05) is 29.0 Å². The Hall–Kier alpha value is -2.66. The number of aromatic amines is 1. The number of hydrogen-bond donors (Lipinski definition) is 2. The van der Waals surface area contributed by atoms with Gasteiger partial charge in [0.2, 0.25) is 5.91 Å². The topological polar surface area (TPSA) is 57.8 Å². The van der Waals surface area contributed by atoms with E-state index in [0.29, 0.717) is 5.82 Å². The Labute approximate surface area is 162 Å². The predicted molar refractivity (Wildman–Crippen MR) is 109 cm³/mol. The van der Waals surface area contributed by atoms with Crippen molar-refractivity contribution in [1.29, 1.82) is 0 Å². The maximum Gasteiger partial charge on any atom is 0.228 e. The first-order valence-electron chi connectivity index (χ1n) is 9.42. The number of carbonyl (C=O) groups excluding carboxylic acids is 1. The van der Waals surface area contributed by atoms with Crippen LogP contribution in [0.25, 0.3) is 6.08 Å². The van der Waals surface area contributed by atoms with Crippen molar-refractivity contribution in [3.8, 4) is 0 Å². The van der Waals surface area contributed by atoms with Gasteiger partial charge in [0.25, 0.3) is 0 Å².